The number of carbonyl (C=O) groups excluding carboxylic acids is 1. The van der Waals surface area contributed by atoms with Gasteiger partial charge < -0.3 is 24.3 Å². The van der Waals surface area contributed by atoms with Crippen LogP contribution in [-0.2, 0) is 16.1 Å². The van der Waals surface area contributed by atoms with Gasteiger partial charge in [-0.05, 0) is 25.1 Å². The van der Waals surface area contributed by atoms with Crippen LogP contribution in [0.5, 0.6) is 0 Å². The molecule has 1 amide bonds. The molecule has 31 heavy (non-hydrogen) atoms. The van der Waals surface area contributed by atoms with Crippen LogP contribution < -0.4 is 5.32 Å². The first-order chi connectivity index (χ1) is 14.5. The van der Waals surface area contributed by atoms with Crippen LogP contribution in [0, 0.1) is 0 Å². The number of hydrogen-bond acceptors (Lipinski definition) is 5. The molecule has 0 bridgehead atoms. The van der Waals surface area contributed by atoms with Crippen LogP contribution in [0.15, 0.2) is 39.7 Å². The molecule has 2 heterocycles. The molecular weight excluding hydrogens is 509 g/mol. The van der Waals surface area contributed by atoms with Gasteiger partial charge in [0.15, 0.2) is 5.96 Å². The number of nitrogens with one attached hydrogen (secondary N) is 1. The summed E-state index contributed by atoms with van der Waals surface area (Å²) in [6.45, 7) is 6.10. The topological polar surface area (TPSA) is 73.6 Å². The van der Waals surface area contributed by atoms with Crippen LogP contribution in [0.4, 0.5) is 0 Å². The minimum absolute atomic E-state index is 0. The number of nitrogens with zero attached hydrogens (tertiary/aromatic N) is 4. The number of morpholine rings is 1. The lowest BCUT2D eigenvalue weighted by atomic mass is 10.2. The molecule has 0 unspecified atom stereocenters. The molecule has 0 atom stereocenters. The number of hydrogen-bond donors (Lipinski definition) is 1. The van der Waals surface area contributed by atoms with Gasteiger partial charge in [0.05, 0.1) is 19.8 Å². The molecule has 1 fully saturated rings. The van der Waals surface area contributed by atoms with E-state index in [4.69, 9.17) is 9.15 Å². The van der Waals surface area contributed by atoms with Gasteiger partial charge in [0.25, 0.3) is 0 Å². The van der Waals surface area contributed by atoms with E-state index in [0.29, 0.717) is 12.5 Å². The molecule has 1 aliphatic heterocycles. The van der Waals surface area contributed by atoms with E-state index in [1.807, 2.05) is 42.3 Å². The zero-order valence-electron chi connectivity index (χ0n) is 18.7. The predicted molar refractivity (Wildman–Crippen MR) is 134 cm³/mol. The molecule has 3 rings (SSSR count). The summed E-state index contributed by atoms with van der Waals surface area (Å²) in [6.07, 6.45) is 0.999. The summed E-state index contributed by atoms with van der Waals surface area (Å²) in [5.41, 5.74) is 0.876. The van der Waals surface area contributed by atoms with Gasteiger partial charge in [-0.15, -0.1) is 24.0 Å². The third-order valence-corrected chi connectivity index (χ3v) is 5.13. The molecule has 1 aromatic heterocycles. The summed E-state index contributed by atoms with van der Waals surface area (Å²) in [6, 6.07) is 10.0. The smallest absolute Gasteiger partial charge is 0.243 e. The number of furan rings is 1. The second-order valence-corrected chi connectivity index (χ2v) is 7.77. The average molecular weight is 543 g/mol. The predicted octanol–water partition coefficient (Wildman–Crippen LogP) is 2.24. The Kier molecular flexibility index (Phi) is 10.6. The Hall–Kier alpha value is -1.85. The van der Waals surface area contributed by atoms with Crippen LogP contribution in [0.1, 0.15) is 12.2 Å². The fourth-order valence-corrected chi connectivity index (χ4v) is 3.35. The Labute approximate surface area is 201 Å². The highest BCUT2D eigenvalue weighted by atomic mass is 127. The SMILES string of the molecule is CN(C)C(=O)CN=C(NCCCN1CCOCC1)N(C)Cc1cc2ccccc2o1.I. The number of guanidine groups is 1. The summed E-state index contributed by atoms with van der Waals surface area (Å²) < 4.78 is 11.3. The van der Waals surface area contributed by atoms with Crippen molar-refractivity contribution in [2.45, 2.75) is 13.0 Å². The number of fused-ring (bicyclic) bond motifs is 1. The second-order valence-electron chi connectivity index (χ2n) is 7.77. The number of benzene rings is 1. The van der Waals surface area contributed by atoms with Gasteiger partial charge in [0, 0.05) is 46.2 Å². The maximum Gasteiger partial charge on any atom is 0.243 e. The number of aliphatic imine (C=N–C) groups is 1. The Bertz CT molecular complexity index is 816. The van der Waals surface area contributed by atoms with Gasteiger partial charge in [-0.1, -0.05) is 18.2 Å². The molecule has 9 heteroatoms. The third kappa shape index (κ3) is 7.97. The van der Waals surface area contributed by atoms with Gasteiger partial charge in [0.1, 0.15) is 17.9 Å². The Balaban J connectivity index is 0.00000341. The van der Waals surface area contributed by atoms with E-state index in [9.17, 15) is 4.79 Å². The third-order valence-electron chi connectivity index (χ3n) is 5.13. The zero-order chi connectivity index (χ0) is 21.3. The molecule has 0 saturated carbocycles. The summed E-state index contributed by atoms with van der Waals surface area (Å²) in [4.78, 5) is 22.5. The number of rotatable bonds is 8. The summed E-state index contributed by atoms with van der Waals surface area (Å²) in [5.74, 6) is 1.54. The van der Waals surface area contributed by atoms with E-state index < -0.39 is 0 Å². The summed E-state index contributed by atoms with van der Waals surface area (Å²) in [5, 5.41) is 4.50. The molecule has 8 nitrogen and oxygen atoms in total. The van der Waals surface area contributed by atoms with Crippen LogP contribution in [-0.4, -0.2) is 93.6 Å². The average Bonchev–Trinajstić information content (AvgIpc) is 3.15. The first kappa shape index (κ1) is 25.4. The molecule has 172 valence electrons. The zero-order valence-corrected chi connectivity index (χ0v) is 21.0. The first-order valence-corrected chi connectivity index (χ1v) is 10.5. The van der Waals surface area contributed by atoms with Gasteiger partial charge in [-0.2, -0.15) is 0 Å². The highest BCUT2D eigenvalue weighted by Crippen LogP contribution is 2.19. The van der Waals surface area contributed by atoms with E-state index in [2.05, 4.69) is 15.2 Å². The number of halogens is 1. The highest BCUT2D eigenvalue weighted by Gasteiger charge is 2.13. The quantitative estimate of drug-likeness (QED) is 0.239. The number of amides is 1. The van der Waals surface area contributed by atoms with Crippen molar-refractivity contribution >= 4 is 46.8 Å². The van der Waals surface area contributed by atoms with Crippen molar-refractivity contribution in [3.8, 4) is 0 Å². The normalized spacial score (nSPS) is 14.9. The largest absolute Gasteiger partial charge is 0.459 e. The van der Waals surface area contributed by atoms with Crippen molar-refractivity contribution in [2.24, 2.45) is 4.99 Å². The van der Waals surface area contributed by atoms with Gasteiger partial charge in [-0.3, -0.25) is 9.69 Å². The molecule has 0 aliphatic carbocycles. The fraction of sp³-hybridized carbons (Fsp3) is 0.545. The lowest BCUT2D eigenvalue weighted by Crippen LogP contribution is -2.41. The first-order valence-electron chi connectivity index (χ1n) is 10.5. The molecule has 1 saturated heterocycles. The van der Waals surface area contributed by atoms with Crippen molar-refractivity contribution in [1.29, 1.82) is 0 Å². The van der Waals surface area contributed by atoms with Crippen molar-refractivity contribution in [2.75, 3.05) is 67.1 Å². The van der Waals surface area contributed by atoms with Crippen LogP contribution >= 0.6 is 24.0 Å². The number of para-hydroxylation sites is 1. The molecule has 1 aromatic carbocycles. The minimum Gasteiger partial charge on any atom is -0.459 e. The molecule has 2 aromatic rings. The van der Waals surface area contributed by atoms with E-state index >= 15 is 0 Å². The minimum atomic E-state index is -0.0280. The molecule has 0 radical (unpaired) electrons. The standard InChI is InChI=1S/C22H33N5O3.HI/c1-25(2)21(28)16-24-22(23-9-6-10-27-11-13-29-14-12-27)26(3)17-19-15-18-7-4-5-8-20(18)30-19;/h4-5,7-8,15H,6,9-14,16-17H2,1-3H3,(H,23,24);1H. The summed E-state index contributed by atoms with van der Waals surface area (Å²) >= 11 is 0. The maximum absolute atomic E-state index is 12.0. The highest BCUT2D eigenvalue weighted by molar-refractivity contribution is 14.0. The number of ether oxygens (including phenoxy) is 1. The van der Waals surface area contributed by atoms with E-state index in [-0.39, 0.29) is 36.4 Å². The Morgan fingerprint density at radius 2 is 1.94 bits per heavy atom. The summed E-state index contributed by atoms with van der Waals surface area (Å²) in [7, 11) is 5.44. The van der Waals surface area contributed by atoms with Crippen molar-refractivity contribution in [1.82, 2.24) is 20.0 Å². The van der Waals surface area contributed by atoms with Gasteiger partial charge >= 0.3 is 0 Å². The number of likely N-dealkylation sites (N-methyl/N-ethyl adjacent to an activating group) is 1. The van der Waals surface area contributed by atoms with E-state index in [0.717, 1.165) is 62.5 Å². The van der Waals surface area contributed by atoms with E-state index in [1.165, 1.54) is 0 Å². The lowest BCUT2D eigenvalue weighted by molar-refractivity contribution is -0.127. The van der Waals surface area contributed by atoms with Crippen LogP contribution in [0.2, 0.25) is 0 Å². The van der Waals surface area contributed by atoms with Crippen LogP contribution in [0.3, 0.4) is 0 Å². The van der Waals surface area contributed by atoms with Gasteiger partial charge in [0.2, 0.25) is 5.91 Å². The fourth-order valence-electron chi connectivity index (χ4n) is 3.35. The lowest BCUT2D eigenvalue weighted by Gasteiger charge is -2.27. The molecule has 1 N–H and O–H groups in total. The van der Waals surface area contributed by atoms with Crippen LogP contribution in [0.25, 0.3) is 11.0 Å². The van der Waals surface area contributed by atoms with E-state index in [1.54, 1.807) is 19.0 Å². The van der Waals surface area contributed by atoms with Crippen molar-refractivity contribution in [3.05, 3.63) is 36.1 Å². The maximum atomic E-state index is 12.0. The van der Waals surface area contributed by atoms with Crippen molar-refractivity contribution in [3.63, 3.8) is 0 Å². The molecule has 0 spiro atoms. The Morgan fingerprint density at radius 1 is 1.19 bits per heavy atom. The molecular formula is C22H34IN5O3. The number of carbonyl (C=O) groups is 1. The second kappa shape index (κ2) is 12.9. The van der Waals surface area contributed by atoms with Crippen molar-refractivity contribution < 1.29 is 13.9 Å². The monoisotopic (exact) mass is 543 g/mol. The Morgan fingerprint density at radius 3 is 2.65 bits per heavy atom. The molecule has 1 aliphatic rings. The van der Waals surface area contributed by atoms with Gasteiger partial charge in [-0.25, -0.2) is 4.99 Å².